The standard InChI is InChI=1S/C53H90O6/c1-4-7-10-13-16-19-22-24-25-26-27-29-32-34-37-40-43-46-52(55)58-49-50(59-53(56)47-44-41-38-35-30-21-18-15-12-9-6-3)48-57-51(54)45-42-39-36-33-31-28-23-20-17-14-11-8-5-2/h7,10,15-16,18-20,23-25,27,29,50H,4-6,8-9,11-14,17,21-22,26,28,30-49H2,1-3H3/b10-7-,18-15-,19-16-,23-20-,25-24-,29-27-/t50-/m0/s1. The van der Waals surface area contributed by atoms with Crippen molar-refractivity contribution in [2.24, 2.45) is 0 Å². The molecule has 1 atom stereocenters. The zero-order chi connectivity index (χ0) is 43.0. The number of esters is 3. The topological polar surface area (TPSA) is 78.9 Å². The van der Waals surface area contributed by atoms with Crippen molar-refractivity contribution in [3.8, 4) is 0 Å². The summed E-state index contributed by atoms with van der Waals surface area (Å²) in [5.41, 5.74) is 0. The van der Waals surface area contributed by atoms with E-state index >= 15 is 0 Å². The van der Waals surface area contributed by atoms with Gasteiger partial charge >= 0.3 is 17.9 Å². The summed E-state index contributed by atoms with van der Waals surface area (Å²) in [5.74, 6) is -0.937. The molecule has 338 valence electrons. The summed E-state index contributed by atoms with van der Waals surface area (Å²) in [4.78, 5) is 37.8. The molecule has 0 aromatic rings. The Bertz CT molecular complexity index is 1130. The fraction of sp³-hybridized carbons (Fsp3) is 0.717. The van der Waals surface area contributed by atoms with E-state index in [0.717, 1.165) is 116 Å². The molecule has 0 aliphatic heterocycles. The van der Waals surface area contributed by atoms with E-state index < -0.39 is 6.10 Å². The maximum absolute atomic E-state index is 12.7. The van der Waals surface area contributed by atoms with Crippen molar-refractivity contribution in [3.05, 3.63) is 72.9 Å². The molecule has 6 nitrogen and oxygen atoms in total. The lowest BCUT2D eigenvalue weighted by molar-refractivity contribution is -0.167. The molecule has 6 heteroatoms. The van der Waals surface area contributed by atoms with Crippen LogP contribution in [-0.4, -0.2) is 37.2 Å². The van der Waals surface area contributed by atoms with E-state index in [1.165, 1.54) is 70.6 Å². The van der Waals surface area contributed by atoms with Crippen LogP contribution in [0.15, 0.2) is 72.9 Å². The second-order valence-corrected chi connectivity index (χ2v) is 16.0. The van der Waals surface area contributed by atoms with Crippen molar-refractivity contribution in [2.45, 2.75) is 232 Å². The summed E-state index contributed by atoms with van der Waals surface area (Å²) in [6.07, 6.45) is 58.8. The van der Waals surface area contributed by atoms with Gasteiger partial charge in [-0.25, -0.2) is 0 Å². The number of carbonyl (C=O) groups is 3. The summed E-state index contributed by atoms with van der Waals surface area (Å²) in [6, 6.07) is 0. The van der Waals surface area contributed by atoms with E-state index in [-0.39, 0.29) is 31.1 Å². The highest BCUT2D eigenvalue weighted by molar-refractivity contribution is 5.71. The monoisotopic (exact) mass is 823 g/mol. The highest BCUT2D eigenvalue weighted by atomic mass is 16.6. The van der Waals surface area contributed by atoms with Gasteiger partial charge in [0.25, 0.3) is 0 Å². The Kier molecular flexibility index (Phi) is 45.0. The first-order chi connectivity index (χ1) is 29.0. The smallest absolute Gasteiger partial charge is 0.306 e. The Morgan fingerprint density at radius 3 is 1.10 bits per heavy atom. The number of rotatable bonds is 43. The van der Waals surface area contributed by atoms with Crippen molar-refractivity contribution in [2.75, 3.05) is 13.2 Å². The van der Waals surface area contributed by atoms with E-state index in [1.807, 2.05) is 0 Å². The average molecular weight is 823 g/mol. The van der Waals surface area contributed by atoms with Gasteiger partial charge in [0, 0.05) is 19.3 Å². The van der Waals surface area contributed by atoms with E-state index in [4.69, 9.17) is 14.2 Å². The first-order valence-corrected chi connectivity index (χ1v) is 24.4. The molecule has 0 amide bonds. The lowest BCUT2D eigenvalue weighted by atomic mass is 10.1. The number of ether oxygens (including phenoxy) is 3. The molecule has 0 saturated carbocycles. The van der Waals surface area contributed by atoms with Crippen LogP contribution in [0.5, 0.6) is 0 Å². The van der Waals surface area contributed by atoms with Gasteiger partial charge in [0.05, 0.1) is 0 Å². The van der Waals surface area contributed by atoms with Crippen LogP contribution in [0.4, 0.5) is 0 Å². The van der Waals surface area contributed by atoms with Crippen LogP contribution in [0.3, 0.4) is 0 Å². The molecule has 0 spiro atoms. The molecule has 0 aromatic carbocycles. The average Bonchev–Trinajstić information content (AvgIpc) is 3.23. The van der Waals surface area contributed by atoms with Crippen molar-refractivity contribution in [1.82, 2.24) is 0 Å². The summed E-state index contributed by atoms with van der Waals surface area (Å²) in [5, 5.41) is 0. The number of hydrogen-bond donors (Lipinski definition) is 0. The molecular weight excluding hydrogens is 733 g/mol. The highest BCUT2D eigenvalue weighted by Crippen LogP contribution is 2.13. The molecule has 0 saturated heterocycles. The maximum Gasteiger partial charge on any atom is 0.306 e. The Hall–Kier alpha value is -3.15. The van der Waals surface area contributed by atoms with E-state index in [2.05, 4.69) is 93.7 Å². The molecule has 0 aliphatic rings. The second-order valence-electron chi connectivity index (χ2n) is 16.0. The molecule has 0 aromatic heterocycles. The normalized spacial score (nSPS) is 12.7. The minimum Gasteiger partial charge on any atom is -0.462 e. The Balaban J connectivity index is 4.42. The van der Waals surface area contributed by atoms with Crippen molar-refractivity contribution >= 4 is 17.9 Å². The van der Waals surface area contributed by atoms with Gasteiger partial charge in [-0.15, -0.1) is 0 Å². The van der Waals surface area contributed by atoms with Gasteiger partial charge in [-0.05, 0) is 103 Å². The first-order valence-electron chi connectivity index (χ1n) is 24.4. The van der Waals surface area contributed by atoms with E-state index in [1.54, 1.807) is 0 Å². The van der Waals surface area contributed by atoms with Crippen molar-refractivity contribution in [1.29, 1.82) is 0 Å². The lowest BCUT2D eigenvalue weighted by Gasteiger charge is -2.18. The van der Waals surface area contributed by atoms with Gasteiger partial charge in [0.2, 0.25) is 0 Å². The molecular formula is C53H90O6. The fourth-order valence-electron chi connectivity index (χ4n) is 6.47. The Labute approximate surface area is 363 Å². The minimum atomic E-state index is -0.791. The van der Waals surface area contributed by atoms with Gasteiger partial charge < -0.3 is 14.2 Å². The van der Waals surface area contributed by atoms with Gasteiger partial charge in [-0.3, -0.25) is 14.4 Å². The molecule has 0 bridgehead atoms. The molecule has 59 heavy (non-hydrogen) atoms. The maximum atomic E-state index is 12.7. The first kappa shape index (κ1) is 55.9. The second kappa shape index (κ2) is 47.5. The molecule has 0 fully saturated rings. The summed E-state index contributed by atoms with van der Waals surface area (Å²) < 4.78 is 16.7. The van der Waals surface area contributed by atoms with Crippen LogP contribution in [0.1, 0.15) is 226 Å². The van der Waals surface area contributed by atoms with Gasteiger partial charge in [-0.2, -0.15) is 0 Å². The third-order valence-corrected chi connectivity index (χ3v) is 10.2. The van der Waals surface area contributed by atoms with Crippen LogP contribution in [0, 0.1) is 0 Å². The van der Waals surface area contributed by atoms with E-state index in [9.17, 15) is 14.4 Å². The SMILES string of the molecule is CC/C=C\C/C=C\C/C=C\C/C=C\CCCCCCC(=O)OC[C@H](COC(=O)CCCCCCC/C=C\CCCCCC)OC(=O)CCCCCCC/C=C\CCCC. The van der Waals surface area contributed by atoms with Gasteiger partial charge in [-0.1, -0.05) is 177 Å². The largest absolute Gasteiger partial charge is 0.462 e. The quantitative estimate of drug-likeness (QED) is 0.0264. The van der Waals surface area contributed by atoms with Crippen LogP contribution in [0.25, 0.3) is 0 Å². The Morgan fingerprint density at radius 1 is 0.356 bits per heavy atom. The summed E-state index contributed by atoms with van der Waals surface area (Å²) in [7, 11) is 0. The lowest BCUT2D eigenvalue weighted by Crippen LogP contribution is -2.30. The zero-order valence-electron chi connectivity index (χ0n) is 38.5. The summed E-state index contributed by atoms with van der Waals surface area (Å²) in [6.45, 7) is 6.42. The third-order valence-electron chi connectivity index (χ3n) is 10.2. The van der Waals surface area contributed by atoms with Gasteiger partial charge in [0.15, 0.2) is 6.10 Å². The minimum absolute atomic E-state index is 0.0916. The highest BCUT2D eigenvalue weighted by Gasteiger charge is 2.19. The molecule has 0 N–H and O–H groups in total. The number of hydrogen-bond acceptors (Lipinski definition) is 6. The molecule has 0 heterocycles. The van der Waals surface area contributed by atoms with Crippen LogP contribution in [0.2, 0.25) is 0 Å². The van der Waals surface area contributed by atoms with Crippen molar-refractivity contribution < 1.29 is 28.6 Å². The van der Waals surface area contributed by atoms with Gasteiger partial charge in [0.1, 0.15) is 13.2 Å². The molecule has 0 radical (unpaired) electrons. The van der Waals surface area contributed by atoms with Crippen LogP contribution >= 0.6 is 0 Å². The molecule has 0 rings (SSSR count). The van der Waals surface area contributed by atoms with Crippen molar-refractivity contribution in [3.63, 3.8) is 0 Å². The number of allylic oxidation sites excluding steroid dienone is 12. The van der Waals surface area contributed by atoms with Crippen LogP contribution in [-0.2, 0) is 28.6 Å². The number of unbranched alkanes of at least 4 members (excludes halogenated alkanes) is 20. The third kappa shape index (κ3) is 45.8. The van der Waals surface area contributed by atoms with Crippen LogP contribution < -0.4 is 0 Å². The predicted molar refractivity (Wildman–Crippen MR) is 251 cm³/mol. The molecule has 0 aliphatic carbocycles. The predicted octanol–water partition coefficient (Wildman–Crippen LogP) is 15.9. The van der Waals surface area contributed by atoms with E-state index in [0.29, 0.717) is 19.3 Å². The Morgan fingerprint density at radius 2 is 0.678 bits per heavy atom. The summed E-state index contributed by atoms with van der Waals surface area (Å²) >= 11 is 0. The zero-order valence-corrected chi connectivity index (χ0v) is 38.5. The molecule has 0 unspecified atom stereocenters. The number of carbonyl (C=O) groups excluding carboxylic acids is 3. The fourth-order valence-corrected chi connectivity index (χ4v) is 6.47.